The van der Waals surface area contributed by atoms with Crippen LogP contribution in [0.3, 0.4) is 0 Å². The molecule has 0 spiro atoms. The van der Waals surface area contributed by atoms with Gasteiger partial charge in [-0.15, -0.1) is 0 Å². The lowest BCUT2D eigenvalue weighted by atomic mass is 10.3. The lowest BCUT2D eigenvalue weighted by molar-refractivity contribution is 0.108. The summed E-state index contributed by atoms with van der Waals surface area (Å²) in [5, 5.41) is 3.45. The number of hydrogen-bond donors (Lipinski definition) is 0. The van der Waals surface area contributed by atoms with Crippen molar-refractivity contribution in [3.8, 4) is 5.75 Å². The molecule has 0 unspecified atom stereocenters. The van der Waals surface area contributed by atoms with Crippen LogP contribution < -0.4 is 4.74 Å². The zero-order chi connectivity index (χ0) is 19.5. The Balaban J connectivity index is -0.0000000923. The molecule has 0 aliphatic rings. The highest BCUT2D eigenvalue weighted by molar-refractivity contribution is 5.40. The molecule has 0 bridgehead atoms. The smallest absolute Gasteiger partial charge is 0.119 e. The Hall–Kier alpha value is -2.37. The monoisotopic (exact) mass is 367 g/mol. The summed E-state index contributed by atoms with van der Waals surface area (Å²) in [6.07, 6.45) is 0.984. The van der Waals surface area contributed by atoms with E-state index in [2.05, 4.69) is 10.0 Å². The van der Waals surface area contributed by atoms with E-state index in [1.807, 2.05) is 6.92 Å². The number of nitrogens with zero attached hydrogens (tertiary/aromatic N) is 3. The fourth-order valence-corrected chi connectivity index (χ4v) is 0.881. The van der Waals surface area contributed by atoms with Gasteiger partial charge in [0, 0.05) is 56.3 Å². The zero-order valence-corrected chi connectivity index (χ0v) is 11.3. The largest absolute Gasteiger partial charge is 0.494 e. The molecular formula is C9H11F10N3O. The lowest BCUT2D eigenvalue weighted by Crippen LogP contribution is -1.93. The number of halogens is 10. The summed E-state index contributed by atoms with van der Waals surface area (Å²) in [5.41, 5.74) is 8.76. The van der Waals surface area contributed by atoms with Crippen molar-refractivity contribution in [3.05, 3.63) is 34.7 Å². The molecule has 1 rings (SSSR count). The second-order valence-electron chi connectivity index (χ2n) is 2.53. The van der Waals surface area contributed by atoms with Crippen molar-refractivity contribution < 1.29 is 50.5 Å². The van der Waals surface area contributed by atoms with Gasteiger partial charge in [0.1, 0.15) is 5.75 Å². The molecule has 0 saturated heterocycles. The standard InChI is InChI=1S/C9H11N3O.5F2/c1-2-7-13-9-5-3-8(4-6-9)11-12-10;5*1-2/h3-6H,2,7H2,1H3;;;;;. The highest BCUT2D eigenvalue weighted by atomic mass is 20.0. The summed E-state index contributed by atoms with van der Waals surface area (Å²) in [5.74, 6) is 0.804. The van der Waals surface area contributed by atoms with E-state index in [0.717, 1.165) is 12.2 Å². The first kappa shape index (κ1) is 32.5. The van der Waals surface area contributed by atoms with Gasteiger partial charge in [0.15, 0.2) is 0 Å². The Morgan fingerprint density at radius 2 is 1.26 bits per heavy atom. The van der Waals surface area contributed by atoms with Crippen LogP contribution in [0.1, 0.15) is 13.3 Å². The lowest BCUT2D eigenvalue weighted by Gasteiger charge is -2.03. The van der Waals surface area contributed by atoms with Crippen LogP contribution >= 0.6 is 0 Å². The highest BCUT2D eigenvalue weighted by Gasteiger charge is 1.91. The summed E-state index contributed by atoms with van der Waals surface area (Å²) >= 11 is 0. The second-order valence-corrected chi connectivity index (χ2v) is 2.53. The Morgan fingerprint density at radius 3 is 1.57 bits per heavy atom. The summed E-state index contributed by atoms with van der Waals surface area (Å²) in [4.78, 5) is 2.68. The molecule has 0 aliphatic carbocycles. The predicted molar refractivity (Wildman–Crippen MR) is 62.1 cm³/mol. The first-order valence-corrected chi connectivity index (χ1v) is 4.86. The number of azide groups is 1. The van der Waals surface area contributed by atoms with Gasteiger partial charge in [0.25, 0.3) is 0 Å². The van der Waals surface area contributed by atoms with Gasteiger partial charge < -0.3 is 4.74 Å². The molecule has 0 heterocycles. The average Bonchev–Trinajstić information content (AvgIpc) is 2.69. The number of hydrogen-bond acceptors (Lipinski definition) is 2. The Bertz CT molecular complexity index is 324. The molecule has 23 heavy (non-hydrogen) atoms. The fraction of sp³-hybridized carbons (Fsp3) is 0.333. The molecule has 0 N–H and O–H groups in total. The van der Waals surface area contributed by atoms with Crippen LogP contribution in [0.2, 0.25) is 0 Å². The molecular weight excluding hydrogens is 356 g/mol. The number of benzene rings is 1. The van der Waals surface area contributed by atoms with Gasteiger partial charge in [0.2, 0.25) is 0 Å². The molecule has 0 amide bonds. The minimum atomic E-state index is 0.603. The summed E-state index contributed by atoms with van der Waals surface area (Å²) < 4.78 is 85.4. The average molecular weight is 367 g/mol. The van der Waals surface area contributed by atoms with Crippen molar-refractivity contribution in [2.24, 2.45) is 5.11 Å². The predicted octanol–water partition coefficient (Wildman–Crippen LogP) is 7.62. The Kier molecular flexibility index (Phi) is 60.4. The van der Waals surface area contributed by atoms with E-state index in [4.69, 9.17) is 56.0 Å². The second kappa shape index (κ2) is 42.7. The Labute approximate surface area is 123 Å². The maximum absolute atomic E-state index is 8.16. The van der Waals surface area contributed by atoms with Crippen molar-refractivity contribution in [1.29, 1.82) is 0 Å². The Morgan fingerprint density at radius 1 is 0.870 bits per heavy atom. The van der Waals surface area contributed by atoms with Crippen LogP contribution in [0, 0.1) is 0 Å². The van der Waals surface area contributed by atoms with Gasteiger partial charge in [-0.1, -0.05) is 12.0 Å². The molecule has 0 fully saturated rings. The van der Waals surface area contributed by atoms with E-state index in [-0.39, 0.29) is 0 Å². The molecule has 4 nitrogen and oxygen atoms in total. The quantitative estimate of drug-likeness (QED) is 0.234. The summed E-state index contributed by atoms with van der Waals surface area (Å²) in [6, 6.07) is 7.04. The number of ether oxygens (including phenoxy) is 1. The van der Waals surface area contributed by atoms with Crippen LogP contribution in [0.25, 0.3) is 10.4 Å². The van der Waals surface area contributed by atoms with Gasteiger partial charge in [-0.2, -0.15) is 0 Å². The van der Waals surface area contributed by atoms with E-state index in [9.17, 15) is 0 Å². The van der Waals surface area contributed by atoms with Gasteiger partial charge >= 0.3 is 0 Å². The minimum absolute atomic E-state index is 0.603. The van der Waals surface area contributed by atoms with Gasteiger partial charge in [-0.25, -0.2) is 0 Å². The maximum atomic E-state index is 8.16. The van der Waals surface area contributed by atoms with Gasteiger partial charge in [-0.05, 0) is 36.2 Å². The van der Waals surface area contributed by atoms with Gasteiger partial charge in [-0.3, -0.25) is 0 Å². The topological polar surface area (TPSA) is 58.0 Å². The van der Waals surface area contributed by atoms with E-state index >= 15 is 0 Å². The third kappa shape index (κ3) is 28.5. The van der Waals surface area contributed by atoms with E-state index in [0.29, 0.717) is 12.3 Å². The SMILES string of the molecule is CCCOc1ccc(N=[N+]=[N-])cc1.FF.FF.FF.FF.FF. The number of rotatable bonds is 4. The van der Waals surface area contributed by atoms with Crippen LogP contribution in [0.4, 0.5) is 51.4 Å². The normalized spacial score (nSPS) is 6.39. The molecule has 1 aromatic rings. The van der Waals surface area contributed by atoms with Crippen LogP contribution in [-0.2, 0) is 0 Å². The molecule has 0 aliphatic heterocycles. The third-order valence-corrected chi connectivity index (χ3v) is 1.47. The van der Waals surface area contributed by atoms with Gasteiger partial charge in [0.05, 0.1) is 6.61 Å². The first-order valence-electron chi connectivity index (χ1n) is 4.86. The molecule has 138 valence electrons. The highest BCUT2D eigenvalue weighted by Crippen LogP contribution is 2.17. The molecule has 1 aromatic carbocycles. The fourth-order valence-electron chi connectivity index (χ4n) is 0.881. The van der Waals surface area contributed by atoms with E-state index in [1.165, 1.54) is 0 Å². The third-order valence-electron chi connectivity index (χ3n) is 1.47. The molecule has 0 aromatic heterocycles. The van der Waals surface area contributed by atoms with Crippen molar-refractivity contribution in [3.63, 3.8) is 0 Å². The van der Waals surface area contributed by atoms with Crippen molar-refractivity contribution in [2.75, 3.05) is 6.61 Å². The van der Waals surface area contributed by atoms with E-state index < -0.39 is 0 Å². The first-order chi connectivity index (χ1) is 11.4. The summed E-state index contributed by atoms with van der Waals surface area (Å²) in [7, 11) is 0. The van der Waals surface area contributed by atoms with Crippen molar-refractivity contribution in [1.82, 2.24) is 0 Å². The molecule has 0 saturated carbocycles. The maximum Gasteiger partial charge on any atom is 0.119 e. The van der Waals surface area contributed by atoms with Crippen molar-refractivity contribution in [2.45, 2.75) is 13.3 Å². The molecule has 0 radical (unpaired) electrons. The van der Waals surface area contributed by atoms with Crippen LogP contribution in [0.15, 0.2) is 29.4 Å². The summed E-state index contributed by atoms with van der Waals surface area (Å²) in [6.45, 7) is 2.76. The molecule has 0 atom stereocenters. The van der Waals surface area contributed by atoms with Crippen molar-refractivity contribution >= 4 is 5.69 Å². The van der Waals surface area contributed by atoms with Crippen LogP contribution in [0.5, 0.6) is 5.75 Å². The van der Waals surface area contributed by atoms with E-state index in [1.54, 1.807) is 24.3 Å². The minimum Gasteiger partial charge on any atom is -0.494 e. The van der Waals surface area contributed by atoms with Crippen LogP contribution in [-0.4, -0.2) is 6.61 Å². The molecule has 14 heteroatoms. The zero-order valence-electron chi connectivity index (χ0n) is 11.3.